The van der Waals surface area contributed by atoms with Crippen LogP contribution in [-0.4, -0.2) is 66.1 Å². The van der Waals surface area contributed by atoms with E-state index in [2.05, 4.69) is 40.4 Å². The molecule has 2 aliphatic heterocycles. The molecule has 2 rings (SSSR count). The van der Waals surface area contributed by atoms with E-state index in [1.165, 1.54) is 11.0 Å². The first-order chi connectivity index (χ1) is 14.3. The van der Waals surface area contributed by atoms with Gasteiger partial charge >= 0.3 is 5.97 Å². The lowest BCUT2D eigenvalue weighted by molar-refractivity contribution is -0.173. The van der Waals surface area contributed by atoms with Crippen molar-refractivity contribution in [2.45, 2.75) is 88.0 Å². The van der Waals surface area contributed by atoms with Crippen LogP contribution in [0.15, 0.2) is 12.7 Å². The Morgan fingerprint density at radius 2 is 2.03 bits per heavy atom. The summed E-state index contributed by atoms with van der Waals surface area (Å²) in [5, 5.41) is -0.0559. The molecule has 0 aliphatic carbocycles. The summed E-state index contributed by atoms with van der Waals surface area (Å²) in [6, 6.07) is -0.472. The van der Waals surface area contributed by atoms with Crippen molar-refractivity contribution >= 4 is 49.3 Å². The van der Waals surface area contributed by atoms with Crippen molar-refractivity contribution in [3.63, 3.8) is 0 Å². The Labute approximate surface area is 196 Å². The average molecular weight is 490 g/mol. The van der Waals surface area contributed by atoms with Crippen LogP contribution in [0.1, 0.15) is 47.0 Å². The maximum atomic E-state index is 13.1. The number of thioether (sulfide) groups is 1. The van der Waals surface area contributed by atoms with Crippen molar-refractivity contribution in [2.75, 3.05) is 12.4 Å². The van der Waals surface area contributed by atoms with Gasteiger partial charge < -0.3 is 14.1 Å². The number of likely N-dealkylation sites (tertiary alicyclic amines) is 1. The lowest BCUT2D eigenvalue weighted by Crippen LogP contribution is -2.69. The summed E-state index contributed by atoms with van der Waals surface area (Å²) in [6.45, 7) is 16.1. The van der Waals surface area contributed by atoms with E-state index in [-0.39, 0.29) is 41.1 Å². The maximum Gasteiger partial charge on any atom is 0.344 e. The van der Waals surface area contributed by atoms with Gasteiger partial charge in [-0.1, -0.05) is 45.0 Å². The van der Waals surface area contributed by atoms with Gasteiger partial charge in [-0.2, -0.15) is 11.8 Å². The second-order valence-electron chi connectivity index (χ2n) is 9.85. The molecule has 9 heteroatoms. The summed E-state index contributed by atoms with van der Waals surface area (Å²) in [7, 11) is -2.12. The number of Topliss-reactive ketones (excluding diaryl/α,β-unsaturated/α-hetero) is 1. The molecule has 6 nitrogen and oxygen atoms in total. The van der Waals surface area contributed by atoms with E-state index in [4.69, 9.17) is 20.8 Å². The highest BCUT2D eigenvalue weighted by molar-refractivity contribution is 8.00. The van der Waals surface area contributed by atoms with Crippen LogP contribution < -0.4 is 0 Å². The quantitative estimate of drug-likeness (QED) is 0.113. The number of ether oxygens (including phenoxy) is 1. The fraction of sp³-hybridized carbons (Fsp3) is 0.773. The Kier molecular flexibility index (Phi) is 8.86. The van der Waals surface area contributed by atoms with E-state index in [1.54, 1.807) is 11.8 Å². The van der Waals surface area contributed by atoms with Crippen LogP contribution in [0.4, 0.5) is 0 Å². The van der Waals surface area contributed by atoms with E-state index in [0.717, 1.165) is 18.6 Å². The molecule has 5 atom stereocenters. The van der Waals surface area contributed by atoms with Crippen molar-refractivity contribution in [1.82, 2.24) is 4.90 Å². The van der Waals surface area contributed by atoms with Gasteiger partial charge in [-0.25, -0.2) is 4.79 Å². The zero-order valence-corrected chi connectivity index (χ0v) is 22.1. The van der Waals surface area contributed by atoms with Crippen molar-refractivity contribution < 1.29 is 23.5 Å². The third-order valence-corrected chi connectivity index (χ3v) is 13.0. The third kappa shape index (κ3) is 5.95. The zero-order chi connectivity index (χ0) is 23.6. The second-order valence-corrected chi connectivity index (χ2v) is 16.3. The fourth-order valence-corrected chi connectivity index (χ4v) is 6.78. The van der Waals surface area contributed by atoms with Crippen LogP contribution in [0, 0.1) is 5.92 Å². The van der Waals surface area contributed by atoms with Gasteiger partial charge in [-0.3, -0.25) is 9.59 Å². The molecule has 1 unspecified atom stereocenters. The van der Waals surface area contributed by atoms with Gasteiger partial charge in [0.15, 0.2) is 8.32 Å². The number of nitrogens with zero attached hydrogens (tertiary/aromatic N) is 1. The highest BCUT2D eigenvalue weighted by Crippen LogP contribution is 2.42. The Morgan fingerprint density at radius 1 is 1.39 bits per heavy atom. The van der Waals surface area contributed by atoms with Gasteiger partial charge in [-0.05, 0) is 43.7 Å². The third-order valence-electron chi connectivity index (χ3n) is 6.59. The predicted octanol–water partition coefficient (Wildman–Crippen LogP) is 4.37. The van der Waals surface area contributed by atoms with Gasteiger partial charge in [0.05, 0.1) is 23.3 Å². The molecule has 0 bridgehead atoms. The van der Waals surface area contributed by atoms with Gasteiger partial charge in [-0.15, -0.1) is 0 Å². The molecule has 0 spiro atoms. The highest BCUT2D eigenvalue weighted by atomic mass is 35.5. The predicted molar refractivity (Wildman–Crippen MR) is 128 cm³/mol. The molecule has 31 heavy (non-hydrogen) atoms. The lowest BCUT2D eigenvalue weighted by atomic mass is 9.80. The lowest BCUT2D eigenvalue weighted by Gasteiger charge is -2.52. The number of ketones is 1. The Hall–Kier alpha value is -0.833. The van der Waals surface area contributed by atoms with Crippen LogP contribution in [0.5, 0.6) is 0 Å². The van der Waals surface area contributed by atoms with Gasteiger partial charge in [0.25, 0.3) is 0 Å². The van der Waals surface area contributed by atoms with E-state index in [1.807, 2.05) is 6.92 Å². The number of hydrogen-bond donors (Lipinski definition) is 0. The number of carbonyl (C=O) groups excluding carboxylic acids is 3. The number of carbonyl (C=O) groups is 3. The zero-order valence-electron chi connectivity index (χ0n) is 19.5. The summed E-state index contributed by atoms with van der Waals surface area (Å²) in [6.07, 6.45) is 3.13. The number of esters is 1. The number of rotatable bonds is 10. The molecular formula is C22H36ClNO5SSi. The first-order valence-electron chi connectivity index (χ1n) is 10.9. The molecule has 2 heterocycles. The first-order valence-corrected chi connectivity index (χ1v) is 15.3. The number of β-lactam (4-membered cyclic amide) rings is 1. The molecule has 0 aromatic rings. The smallest absolute Gasteiger partial charge is 0.344 e. The Balaban J connectivity index is 2.20. The number of amides is 1. The minimum absolute atomic E-state index is 0.0109. The van der Waals surface area contributed by atoms with Crippen molar-refractivity contribution in [1.29, 1.82) is 0 Å². The molecule has 176 valence electrons. The van der Waals surface area contributed by atoms with Crippen molar-refractivity contribution in [2.24, 2.45) is 5.92 Å². The fourth-order valence-electron chi connectivity index (χ4n) is 3.82. The van der Waals surface area contributed by atoms with E-state index < -0.39 is 31.7 Å². The van der Waals surface area contributed by atoms with Gasteiger partial charge in [0, 0.05) is 6.42 Å². The van der Waals surface area contributed by atoms with Crippen molar-refractivity contribution in [3.8, 4) is 0 Å². The summed E-state index contributed by atoms with van der Waals surface area (Å²) < 4.78 is 11.5. The topological polar surface area (TPSA) is 72.9 Å². The molecule has 2 aliphatic rings. The number of alkyl halides is 1. The summed E-state index contributed by atoms with van der Waals surface area (Å²) in [5.74, 6) is -0.391. The maximum absolute atomic E-state index is 13.1. The summed E-state index contributed by atoms with van der Waals surface area (Å²) in [4.78, 5) is 39.6. The SMILES string of the molecule is C=CCOC(=O)C(Cl)N1C(=O)[C@H]([C@@H](C)O[Si](C)(C)C(C)(C)C)[C@H]1CC(=O)[C@H]1CCCS1. The molecule has 0 aromatic carbocycles. The van der Waals surface area contributed by atoms with Crippen LogP contribution in [0.25, 0.3) is 0 Å². The number of hydrogen-bond acceptors (Lipinski definition) is 6. The van der Waals surface area contributed by atoms with Crippen molar-refractivity contribution in [3.05, 3.63) is 12.7 Å². The minimum atomic E-state index is -2.12. The van der Waals surface area contributed by atoms with E-state index in [9.17, 15) is 14.4 Å². The molecule has 2 fully saturated rings. The normalized spacial score (nSPS) is 26.2. The van der Waals surface area contributed by atoms with Crippen LogP contribution in [0.3, 0.4) is 0 Å². The standard InChI is InChI=1S/C22H36ClNO5SSi/c1-8-11-28-21(27)19(23)24-15(13-16(25)17-10-9-12-30-17)18(20(24)26)14(2)29-31(6,7)22(3,4)5/h8,14-15,17-19H,1,9-13H2,2-7H3/t14-,15-,17-,18-,19?/m1/s1. The van der Waals surface area contributed by atoms with E-state index >= 15 is 0 Å². The summed E-state index contributed by atoms with van der Waals surface area (Å²) >= 11 is 7.99. The molecule has 0 radical (unpaired) electrons. The van der Waals surface area contributed by atoms with E-state index in [0.29, 0.717) is 0 Å². The van der Waals surface area contributed by atoms with Gasteiger partial charge in [0.1, 0.15) is 12.4 Å². The highest BCUT2D eigenvalue weighted by Gasteiger charge is 2.56. The molecular weight excluding hydrogens is 454 g/mol. The van der Waals surface area contributed by atoms with Crippen LogP contribution >= 0.6 is 23.4 Å². The molecule has 0 saturated carbocycles. The largest absolute Gasteiger partial charge is 0.459 e. The second kappa shape index (κ2) is 10.4. The molecule has 1 amide bonds. The minimum Gasteiger partial charge on any atom is -0.459 e. The first kappa shape index (κ1) is 26.4. The van der Waals surface area contributed by atoms with Crippen LogP contribution in [-0.2, 0) is 23.5 Å². The molecule has 2 saturated heterocycles. The molecule has 0 aromatic heterocycles. The summed E-state index contributed by atoms with van der Waals surface area (Å²) in [5.41, 5.74) is -1.27. The Bertz CT molecular complexity index is 705. The average Bonchev–Trinajstić information content (AvgIpc) is 3.19. The van der Waals surface area contributed by atoms with Gasteiger partial charge in [0.2, 0.25) is 11.4 Å². The monoisotopic (exact) mass is 489 g/mol. The molecule has 0 N–H and O–H groups in total. The van der Waals surface area contributed by atoms with Crippen LogP contribution in [0.2, 0.25) is 18.1 Å². The number of halogens is 1. The Morgan fingerprint density at radius 3 is 2.55 bits per heavy atom.